The number of halogens is 1. The van der Waals surface area contributed by atoms with Gasteiger partial charge in [0.15, 0.2) is 0 Å². The maximum absolute atomic E-state index is 14.2. The van der Waals surface area contributed by atoms with E-state index in [2.05, 4.69) is 35.4 Å². The second-order valence-electron chi connectivity index (χ2n) is 9.91. The molecule has 1 fully saturated rings. The quantitative estimate of drug-likeness (QED) is 0.214. The third-order valence-electron chi connectivity index (χ3n) is 7.50. The molecule has 168 valence electrons. The van der Waals surface area contributed by atoms with Crippen LogP contribution in [-0.4, -0.2) is 40.7 Å². The van der Waals surface area contributed by atoms with Crippen molar-refractivity contribution in [1.29, 1.82) is 0 Å². The van der Waals surface area contributed by atoms with Gasteiger partial charge in [0, 0.05) is 12.6 Å². The second kappa shape index (κ2) is 8.78. The van der Waals surface area contributed by atoms with Crippen LogP contribution in [0.3, 0.4) is 0 Å². The lowest BCUT2D eigenvalue weighted by Gasteiger charge is -2.37. The molecule has 0 amide bonds. The Hall–Kier alpha value is -2.53. The molecule has 0 aliphatic carbocycles. The number of aromatic nitrogens is 3. The summed E-state index contributed by atoms with van der Waals surface area (Å²) >= 11 is 0. The van der Waals surface area contributed by atoms with Crippen LogP contribution in [-0.2, 0) is 13.6 Å². The number of para-hydroxylation sites is 2. The molecule has 3 heterocycles. The second-order valence-corrected chi connectivity index (χ2v) is 9.91. The summed E-state index contributed by atoms with van der Waals surface area (Å²) in [5.74, 6) is -0.195. The van der Waals surface area contributed by atoms with E-state index in [-0.39, 0.29) is 5.82 Å². The summed E-state index contributed by atoms with van der Waals surface area (Å²) in [6.45, 7) is 4.95. The molecule has 0 radical (unpaired) electrons. The molecule has 4 aromatic rings. The molecular weight excluding hydrogens is 399 g/mol. The van der Waals surface area contributed by atoms with Crippen molar-refractivity contribution in [1.82, 2.24) is 9.55 Å². The van der Waals surface area contributed by atoms with Gasteiger partial charge < -0.3 is 9.05 Å². The standard InChI is InChI=1S/C27H35FN4/c1-30-25-13-7-6-12-23(25)29-27-26(30)22-20-21(28)14-15-24(22)31(27)16-8-3-4-9-17-32(2)18-10-5-11-19-32/h6-7,12-15,20H,3-5,8-11,16-19H2,1-2H3/q+2. The first kappa shape index (κ1) is 21.3. The number of quaternary nitrogens is 1. The summed E-state index contributed by atoms with van der Waals surface area (Å²) in [7, 11) is 4.50. The van der Waals surface area contributed by atoms with Crippen LogP contribution in [0.5, 0.6) is 0 Å². The van der Waals surface area contributed by atoms with Crippen LogP contribution in [0.2, 0.25) is 0 Å². The first-order valence-corrected chi connectivity index (χ1v) is 12.3. The third-order valence-corrected chi connectivity index (χ3v) is 7.50. The van der Waals surface area contributed by atoms with E-state index in [1.807, 2.05) is 18.2 Å². The molecule has 0 unspecified atom stereocenters. The molecule has 5 heteroatoms. The van der Waals surface area contributed by atoms with Crippen LogP contribution in [0.25, 0.3) is 33.1 Å². The Morgan fingerprint density at radius 3 is 2.62 bits per heavy atom. The first-order chi connectivity index (χ1) is 15.6. The van der Waals surface area contributed by atoms with E-state index < -0.39 is 0 Å². The number of rotatable bonds is 7. The van der Waals surface area contributed by atoms with E-state index in [1.54, 1.807) is 12.1 Å². The Kier molecular flexibility index (Phi) is 5.85. The molecule has 0 spiro atoms. The van der Waals surface area contributed by atoms with Gasteiger partial charge in [-0.3, -0.25) is 0 Å². The van der Waals surface area contributed by atoms with Crippen molar-refractivity contribution in [3.8, 4) is 0 Å². The van der Waals surface area contributed by atoms with Crippen molar-refractivity contribution in [2.75, 3.05) is 26.7 Å². The van der Waals surface area contributed by atoms with Gasteiger partial charge in [-0.05, 0) is 62.8 Å². The van der Waals surface area contributed by atoms with Crippen LogP contribution in [0.4, 0.5) is 4.39 Å². The molecule has 4 nitrogen and oxygen atoms in total. The average molecular weight is 435 g/mol. The fraction of sp³-hybridized carbons (Fsp3) is 0.481. The summed E-state index contributed by atoms with van der Waals surface area (Å²) in [6.07, 6.45) is 9.14. The molecule has 1 aliphatic rings. The number of hydrogen-bond donors (Lipinski definition) is 0. The lowest BCUT2D eigenvalue weighted by atomic mass is 10.1. The van der Waals surface area contributed by atoms with Crippen molar-refractivity contribution in [3.63, 3.8) is 0 Å². The summed E-state index contributed by atoms with van der Waals surface area (Å²) in [6, 6.07) is 13.3. The molecular formula is C27H35FN4+2. The molecule has 32 heavy (non-hydrogen) atoms. The van der Waals surface area contributed by atoms with Gasteiger partial charge in [0.2, 0.25) is 11.2 Å². The van der Waals surface area contributed by atoms with Crippen molar-refractivity contribution in [3.05, 3.63) is 48.3 Å². The minimum absolute atomic E-state index is 0.195. The Balaban J connectivity index is 1.36. The molecule has 1 saturated heterocycles. The number of nitrogens with zero attached hydrogens (tertiary/aromatic N) is 4. The van der Waals surface area contributed by atoms with Crippen molar-refractivity contribution >= 4 is 33.1 Å². The maximum atomic E-state index is 14.2. The highest BCUT2D eigenvalue weighted by Gasteiger charge is 2.24. The van der Waals surface area contributed by atoms with E-state index >= 15 is 0 Å². The zero-order valence-corrected chi connectivity index (χ0v) is 19.5. The topological polar surface area (TPSA) is 21.7 Å². The Bertz CT molecular complexity index is 1250. The smallest absolute Gasteiger partial charge is 0.258 e. The number of fused-ring (bicyclic) bond motifs is 4. The van der Waals surface area contributed by atoms with Gasteiger partial charge in [-0.15, -0.1) is 0 Å². The number of unbranched alkanes of at least 4 members (excludes halogenated alkanes) is 3. The van der Waals surface area contributed by atoms with E-state index in [0.29, 0.717) is 0 Å². The van der Waals surface area contributed by atoms with E-state index in [0.717, 1.165) is 46.1 Å². The predicted octanol–water partition coefficient (Wildman–Crippen LogP) is 5.50. The number of piperidine rings is 1. The van der Waals surface area contributed by atoms with Crippen molar-refractivity contribution < 1.29 is 13.4 Å². The zero-order chi connectivity index (χ0) is 22.1. The van der Waals surface area contributed by atoms with Gasteiger partial charge in [0.25, 0.3) is 5.52 Å². The van der Waals surface area contributed by atoms with E-state index in [9.17, 15) is 4.39 Å². The highest BCUT2D eigenvalue weighted by molar-refractivity contribution is 6.03. The Morgan fingerprint density at radius 2 is 1.78 bits per heavy atom. The van der Waals surface area contributed by atoms with Crippen molar-refractivity contribution in [2.24, 2.45) is 7.05 Å². The normalized spacial score (nSPS) is 16.3. The number of likely N-dealkylation sites (tertiary alicyclic amines) is 1. The van der Waals surface area contributed by atoms with Crippen LogP contribution in [0.15, 0.2) is 42.5 Å². The van der Waals surface area contributed by atoms with Crippen LogP contribution in [0.1, 0.15) is 44.9 Å². The minimum atomic E-state index is -0.195. The lowest BCUT2D eigenvalue weighted by molar-refractivity contribution is -0.914. The third kappa shape index (κ3) is 3.99. The molecule has 0 N–H and O–H groups in total. The summed E-state index contributed by atoms with van der Waals surface area (Å²) < 4.78 is 19.9. The van der Waals surface area contributed by atoms with Gasteiger partial charge >= 0.3 is 0 Å². The van der Waals surface area contributed by atoms with Gasteiger partial charge in [-0.25, -0.2) is 9.37 Å². The average Bonchev–Trinajstić information content (AvgIpc) is 3.09. The molecule has 0 atom stereocenters. The molecule has 0 bridgehead atoms. The van der Waals surface area contributed by atoms with Crippen LogP contribution in [0, 0.1) is 5.82 Å². The highest BCUT2D eigenvalue weighted by Crippen LogP contribution is 2.28. The molecule has 0 saturated carbocycles. The molecule has 2 aromatic carbocycles. The van der Waals surface area contributed by atoms with Crippen LogP contribution < -0.4 is 4.57 Å². The van der Waals surface area contributed by atoms with E-state index in [1.165, 1.54) is 62.6 Å². The fourth-order valence-corrected chi connectivity index (χ4v) is 5.66. The summed E-state index contributed by atoms with van der Waals surface area (Å²) in [5, 5.41) is 0.947. The highest BCUT2D eigenvalue weighted by atomic mass is 19.1. The SMILES string of the molecule is C[n+]1c2ccccc2nc2c1c1cc(F)ccc1n2CCCCCC[N+]1(C)CCCCC1. The molecule has 5 rings (SSSR count). The minimum Gasteiger partial charge on any atom is -0.326 e. The molecule has 1 aliphatic heterocycles. The number of hydrogen-bond acceptors (Lipinski definition) is 1. The maximum Gasteiger partial charge on any atom is 0.258 e. The number of aryl methyl sites for hydroxylation is 2. The lowest BCUT2D eigenvalue weighted by Crippen LogP contribution is -2.48. The van der Waals surface area contributed by atoms with Crippen LogP contribution >= 0.6 is 0 Å². The first-order valence-electron chi connectivity index (χ1n) is 12.3. The monoisotopic (exact) mass is 434 g/mol. The molecule has 2 aromatic heterocycles. The fourth-order valence-electron chi connectivity index (χ4n) is 5.66. The largest absolute Gasteiger partial charge is 0.326 e. The number of benzene rings is 2. The van der Waals surface area contributed by atoms with Gasteiger partial charge in [0.05, 0.1) is 37.6 Å². The summed E-state index contributed by atoms with van der Waals surface area (Å²) in [4.78, 5) is 5.01. The Morgan fingerprint density at radius 1 is 1.00 bits per heavy atom. The zero-order valence-electron chi connectivity index (χ0n) is 19.5. The van der Waals surface area contributed by atoms with E-state index in [4.69, 9.17) is 4.98 Å². The summed E-state index contributed by atoms with van der Waals surface area (Å²) in [5.41, 5.74) is 5.09. The van der Waals surface area contributed by atoms with Gasteiger partial charge in [-0.1, -0.05) is 18.6 Å². The van der Waals surface area contributed by atoms with Crippen molar-refractivity contribution in [2.45, 2.75) is 51.5 Å². The predicted molar refractivity (Wildman–Crippen MR) is 129 cm³/mol. The van der Waals surface area contributed by atoms with Gasteiger partial charge in [0.1, 0.15) is 18.4 Å². The Labute approximate surface area is 189 Å². The van der Waals surface area contributed by atoms with Gasteiger partial charge in [-0.2, -0.15) is 4.57 Å².